The highest BCUT2D eigenvalue weighted by Gasteiger charge is 2.35. The first kappa shape index (κ1) is 16.7. The Hall–Kier alpha value is -2.65. The van der Waals surface area contributed by atoms with Crippen LogP contribution in [-0.4, -0.2) is 22.7 Å². The van der Waals surface area contributed by atoms with Crippen molar-refractivity contribution in [1.29, 1.82) is 0 Å². The molecule has 1 amide bonds. The van der Waals surface area contributed by atoms with Gasteiger partial charge in [0.15, 0.2) is 0 Å². The van der Waals surface area contributed by atoms with Crippen LogP contribution in [0.2, 0.25) is 0 Å². The molecule has 2 rings (SSSR count). The zero-order valence-electron chi connectivity index (χ0n) is 11.3. The molecule has 23 heavy (non-hydrogen) atoms. The highest BCUT2D eigenvalue weighted by Crippen LogP contribution is 2.38. The van der Waals surface area contributed by atoms with E-state index < -0.39 is 30.0 Å². The highest BCUT2D eigenvalue weighted by molar-refractivity contribution is 5.92. The van der Waals surface area contributed by atoms with Gasteiger partial charge >= 0.3 is 12.8 Å². The first-order chi connectivity index (χ1) is 10.8. The molecule has 0 fully saturated rings. The summed E-state index contributed by atoms with van der Waals surface area (Å²) in [7, 11) is 0. The van der Waals surface area contributed by atoms with E-state index in [9.17, 15) is 26.7 Å². The molecule has 0 spiro atoms. The van der Waals surface area contributed by atoms with Crippen LogP contribution < -0.4 is 10.1 Å². The molecular formula is C13H10F5N3O2. The Morgan fingerprint density at radius 1 is 1.30 bits per heavy atom. The summed E-state index contributed by atoms with van der Waals surface area (Å²) in [6, 6.07) is 3.82. The van der Waals surface area contributed by atoms with E-state index >= 15 is 0 Å². The van der Waals surface area contributed by atoms with Crippen molar-refractivity contribution >= 4 is 11.6 Å². The van der Waals surface area contributed by atoms with Crippen LogP contribution in [0.15, 0.2) is 30.5 Å². The second-order valence-electron chi connectivity index (χ2n) is 4.39. The smallest absolute Gasteiger partial charge is 0.420 e. The van der Waals surface area contributed by atoms with E-state index in [0.717, 1.165) is 12.1 Å². The van der Waals surface area contributed by atoms with E-state index in [1.54, 1.807) is 0 Å². The molecule has 0 radical (unpaired) electrons. The molecule has 2 N–H and O–H groups in total. The standard InChI is InChI=1S/C13H10F5N3O2/c14-12(15)23-10-2-1-7(5-9(10)13(16,17)18)20-11(22)6-8-3-4-19-21-8/h1-5,12H,6H2,(H,19,21)(H,20,22). The number of nitrogens with zero attached hydrogens (tertiary/aromatic N) is 1. The zero-order valence-corrected chi connectivity index (χ0v) is 11.3. The summed E-state index contributed by atoms with van der Waals surface area (Å²) < 4.78 is 66.7. The minimum atomic E-state index is -4.91. The van der Waals surface area contributed by atoms with Crippen molar-refractivity contribution in [3.8, 4) is 5.75 Å². The third-order valence-corrected chi connectivity index (χ3v) is 2.69. The monoisotopic (exact) mass is 335 g/mol. The molecule has 10 heteroatoms. The number of hydrogen-bond acceptors (Lipinski definition) is 3. The summed E-state index contributed by atoms with van der Waals surface area (Å²) in [6.07, 6.45) is -3.62. The topological polar surface area (TPSA) is 67.0 Å². The molecule has 0 aliphatic heterocycles. The van der Waals surface area contributed by atoms with E-state index in [2.05, 4.69) is 20.3 Å². The predicted octanol–water partition coefficient (Wildman–Crippen LogP) is 3.21. The molecule has 1 aromatic carbocycles. The Balaban J connectivity index is 2.18. The molecule has 0 unspecified atom stereocenters. The third kappa shape index (κ3) is 4.66. The number of halogens is 5. The molecule has 0 saturated carbocycles. The van der Waals surface area contributed by atoms with Crippen molar-refractivity contribution in [3.05, 3.63) is 41.7 Å². The number of hydrogen-bond donors (Lipinski definition) is 2. The lowest BCUT2D eigenvalue weighted by Gasteiger charge is -2.15. The summed E-state index contributed by atoms with van der Waals surface area (Å²) >= 11 is 0. The molecule has 1 heterocycles. The maximum atomic E-state index is 12.9. The maximum Gasteiger partial charge on any atom is 0.420 e. The molecule has 0 bridgehead atoms. The second-order valence-corrected chi connectivity index (χ2v) is 4.39. The van der Waals surface area contributed by atoms with Crippen LogP contribution in [0.3, 0.4) is 0 Å². The van der Waals surface area contributed by atoms with Gasteiger partial charge in [-0.1, -0.05) is 0 Å². The quantitative estimate of drug-likeness (QED) is 0.825. The zero-order chi connectivity index (χ0) is 17.0. The van der Waals surface area contributed by atoms with Crippen molar-refractivity contribution in [2.24, 2.45) is 0 Å². The average molecular weight is 335 g/mol. The van der Waals surface area contributed by atoms with E-state index in [4.69, 9.17) is 0 Å². The van der Waals surface area contributed by atoms with E-state index in [-0.39, 0.29) is 12.1 Å². The van der Waals surface area contributed by atoms with Gasteiger partial charge < -0.3 is 10.1 Å². The number of carbonyl (C=O) groups excluding carboxylic acids is 1. The fourth-order valence-corrected chi connectivity index (χ4v) is 1.79. The Morgan fingerprint density at radius 3 is 2.61 bits per heavy atom. The Kier molecular flexibility index (Phi) is 4.82. The number of aromatic amines is 1. The van der Waals surface area contributed by atoms with Crippen molar-refractivity contribution in [2.75, 3.05) is 5.32 Å². The number of aromatic nitrogens is 2. The second kappa shape index (κ2) is 6.63. The number of carbonyl (C=O) groups is 1. The largest absolute Gasteiger partial charge is 0.434 e. The van der Waals surface area contributed by atoms with Crippen LogP contribution in [0.4, 0.5) is 27.6 Å². The number of rotatable bonds is 5. The normalized spacial score (nSPS) is 11.6. The summed E-state index contributed by atoms with van der Waals surface area (Å²) in [6.45, 7) is -3.39. The van der Waals surface area contributed by atoms with Crippen molar-refractivity contribution in [2.45, 2.75) is 19.2 Å². The first-order valence-corrected chi connectivity index (χ1v) is 6.20. The number of nitrogens with one attached hydrogen (secondary N) is 2. The van der Waals surface area contributed by atoms with E-state index in [1.165, 1.54) is 12.3 Å². The van der Waals surface area contributed by atoms with Crippen LogP contribution in [-0.2, 0) is 17.4 Å². The van der Waals surface area contributed by atoms with Gasteiger partial charge in [-0.2, -0.15) is 27.1 Å². The van der Waals surface area contributed by atoms with Gasteiger partial charge in [0.05, 0.1) is 12.0 Å². The summed E-state index contributed by atoms with van der Waals surface area (Å²) in [4.78, 5) is 11.7. The molecule has 0 aliphatic rings. The Labute approximate surface area is 126 Å². The van der Waals surface area contributed by atoms with E-state index in [0.29, 0.717) is 11.8 Å². The van der Waals surface area contributed by atoms with Crippen LogP contribution in [0, 0.1) is 0 Å². The van der Waals surface area contributed by atoms with Gasteiger partial charge in [0.1, 0.15) is 5.75 Å². The number of amides is 1. The number of alkyl halides is 5. The van der Waals surface area contributed by atoms with Crippen molar-refractivity contribution in [3.63, 3.8) is 0 Å². The minimum Gasteiger partial charge on any atom is -0.434 e. The molecule has 1 aromatic heterocycles. The van der Waals surface area contributed by atoms with Gasteiger partial charge in [-0.15, -0.1) is 0 Å². The molecule has 2 aromatic rings. The summed E-state index contributed by atoms with van der Waals surface area (Å²) in [5.74, 6) is -1.61. The van der Waals surface area contributed by atoms with Gasteiger partial charge in [0.25, 0.3) is 0 Å². The number of H-pyrrole nitrogens is 1. The molecule has 0 aliphatic carbocycles. The lowest BCUT2D eigenvalue weighted by atomic mass is 10.1. The van der Waals surface area contributed by atoms with Crippen LogP contribution in [0.25, 0.3) is 0 Å². The van der Waals surface area contributed by atoms with Crippen LogP contribution in [0.1, 0.15) is 11.3 Å². The van der Waals surface area contributed by atoms with Crippen LogP contribution in [0.5, 0.6) is 5.75 Å². The average Bonchev–Trinajstić information content (AvgIpc) is 2.91. The summed E-state index contributed by atoms with van der Waals surface area (Å²) in [5.41, 5.74) is -1.13. The Morgan fingerprint density at radius 2 is 2.04 bits per heavy atom. The third-order valence-electron chi connectivity index (χ3n) is 2.69. The number of anilines is 1. The molecule has 5 nitrogen and oxygen atoms in total. The molecular weight excluding hydrogens is 325 g/mol. The van der Waals surface area contributed by atoms with Crippen molar-refractivity contribution in [1.82, 2.24) is 10.2 Å². The van der Waals surface area contributed by atoms with Gasteiger partial charge in [-0.3, -0.25) is 9.89 Å². The predicted molar refractivity (Wildman–Crippen MR) is 69.0 cm³/mol. The Bertz CT molecular complexity index is 671. The molecule has 0 atom stereocenters. The molecule has 0 saturated heterocycles. The van der Waals surface area contributed by atoms with Crippen molar-refractivity contribution < 1.29 is 31.5 Å². The summed E-state index contributed by atoms with van der Waals surface area (Å²) in [5, 5.41) is 8.40. The first-order valence-electron chi connectivity index (χ1n) is 6.20. The van der Waals surface area contributed by atoms with Gasteiger partial charge in [0, 0.05) is 17.6 Å². The SMILES string of the molecule is O=C(Cc1ccn[nH]1)Nc1ccc(OC(F)F)c(C(F)(F)F)c1. The lowest BCUT2D eigenvalue weighted by molar-refractivity contribution is -0.141. The highest BCUT2D eigenvalue weighted by atomic mass is 19.4. The number of benzene rings is 1. The fraction of sp³-hybridized carbons (Fsp3) is 0.231. The van der Waals surface area contributed by atoms with Gasteiger partial charge in [-0.05, 0) is 24.3 Å². The number of ether oxygens (including phenoxy) is 1. The van der Waals surface area contributed by atoms with Gasteiger partial charge in [-0.25, -0.2) is 0 Å². The lowest BCUT2D eigenvalue weighted by Crippen LogP contribution is -2.16. The van der Waals surface area contributed by atoms with Crippen LogP contribution >= 0.6 is 0 Å². The minimum absolute atomic E-state index is 0.128. The maximum absolute atomic E-state index is 12.9. The fourth-order valence-electron chi connectivity index (χ4n) is 1.79. The van der Waals surface area contributed by atoms with E-state index in [1.807, 2.05) is 0 Å². The van der Waals surface area contributed by atoms with Gasteiger partial charge in [0.2, 0.25) is 5.91 Å². The molecule has 124 valence electrons.